The molecule has 2 aromatic rings. The molecule has 19 heavy (non-hydrogen) atoms. The Bertz CT molecular complexity index is 597. The monoisotopic (exact) mass is 318 g/mol. The van der Waals surface area contributed by atoms with Gasteiger partial charge in [-0.05, 0) is 23.8 Å². The van der Waals surface area contributed by atoms with E-state index in [1.807, 2.05) is 12.1 Å². The maximum atomic E-state index is 9.93. The fourth-order valence-electron chi connectivity index (χ4n) is 2.76. The minimum atomic E-state index is 0.398. The van der Waals surface area contributed by atoms with Gasteiger partial charge in [-0.3, -0.25) is 0 Å². The Balaban J connectivity index is 1.77. The molecule has 0 saturated heterocycles. The normalized spacial score (nSPS) is 18.1. The van der Waals surface area contributed by atoms with Crippen LogP contribution in [0.4, 0.5) is 0 Å². The fourth-order valence-corrected chi connectivity index (χ4v) is 3.17. The number of phenolic OH excluding ortho intramolecular Hbond substituents is 1. The van der Waals surface area contributed by atoms with Crippen molar-refractivity contribution >= 4 is 15.9 Å². The molecule has 1 aliphatic rings. The first kappa shape index (κ1) is 12.7. The van der Waals surface area contributed by atoms with E-state index in [2.05, 4.69) is 40.2 Å². The van der Waals surface area contributed by atoms with E-state index in [1.165, 1.54) is 16.0 Å². The summed E-state index contributed by atoms with van der Waals surface area (Å²) in [7, 11) is 0. The van der Waals surface area contributed by atoms with E-state index >= 15 is 0 Å². The van der Waals surface area contributed by atoms with Crippen LogP contribution < -0.4 is 4.90 Å². The molecule has 0 aliphatic carbocycles. The topological polar surface area (TPSA) is 24.7 Å². The van der Waals surface area contributed by atoms with Gasteiger partial charge in [0.2, 0.25) is 0 Å². The standard InChI is InChI=1S/C16H16BrNO/c17-15-5-6-16(19)14(9-15)11-18-8-7-12-3-1-2-4-13(12)10-18/h1-6,9,19H,7-8,10-11H2/p+1. The van der Waals surface area contributed by atoms with Crippen molar-refractivity contribution in [3.05, 3.63) is 63.6 Å². The molecule has 2 aromatic carbocycles. The van der Waals surface area contributed by atoms with Gasteiger partial charge < -0.3 is 10.0 Å². The molecule has 0 radical (unpaired) electrons. The molecule has 0 fully saturated rings. The van der Waals surface area contributed by atoms with Crippen LogP contribution in [-0.2, 0) is 19.5 Å². The number of benzene rings is 2. The highest BCUT2D eigenvalue weighted by molar-refractivity contribution is 9.10. The Morgan fingerprint density at radius 3 is 2.74 bits per heavy atom. The number of aromatic hydroxyl groups is 1. The zero-order chi connectivity index (χ0) is 13.2. The van der Waals surface area contributed by atoms with Gasteiger partial charge in [-0.25, -0.2) is 0 Å². The van der Waals surface area contributed by atoms with Gasteiger partial charge in [-0.15, -0.1) is 0 Å². The second kappa shape index (κ2) is 5.35. The van der Waals surface area contributed by atoms with Crippen molar-refractivity contribution in [1.29, 1.82) is 0 Å². The minimum absolute atomic E-state index is 0.398. The van der Waals surface area contributed by atoms with Crippen molar-refractivity contribution < 1.29 is 10.0 Å². The van der Waals surface area contributed by atoms with E-state index < -0.39 is 0 Å². The third kappa shape index (κ3) is 2.82. The highest BCUT2D eigenvalue weighted by atomic mass is 79.9. The lowest BCUT2D eigenvalue weighted by Crippen LogP contribution is -3.10. The molecule has 0 amide bonds. The Labute approximate surface area is 121 Å². The molecule has 2 nitrogen and oxygen atoms in total. The van der Waals surface area contributed by atoms with Crippen molar-refractivity contribution in [1.82, 2.24) is 0 Å². The van der Waals surface area contributed by atoms with Gasteiger partial charge in [0.05, 0.1) is 6.54 Å². The summed E-state index contributed by atoms with van der Waals surface area (Å²) in [6, 6.07) is 14.3. The molecule has 98 valence electrons. The summed E-state index contributed by atoms with van der Waals surface area (Å²) in [5.41, 5.74) is 3.94. The third-order valence-corrected chi connectivity index (χ3v) is 4.28. The largest absolute Gasteiger partial charge is 0.507 e. The van der Waals surface area contributed by atoms with Crippen molar-refractivity contribution in [2.45, 2.75) is 19.5 Å². The zero-order valence-corrected chi connectivity index (χ0v) is 12.3. The molecular formula is C16H17BrNO+. The summed E-state index contributed by atoms with van der Waals surface area (Å²) in [5.74, 6) is 0.398. The zero-order valence-electron chi connectivity index (χ0n) is 10.7. The molecule has 1 unspecified atom stereocenters. The summed E-state index contributed by atoms with van der Waals surface area (Å²) in [5, 5.41) is 9.93. The molecule has 3 heteroatoms. The first-order valence-electron chi connectivity index (χ1n) is 6.60. The predicted octanol–water partition coefficient (Wildman–Crippen LogP) is 2.30. The average Bonchev–Trinajstić information content (AvgIpc) is 2.43. The fraction of sp³-hybridized carbons (Fsp3) is 0.250. The third-order valence-electron chi connectivity index (χ3n) is 3.79. The van der Waals surface area contributed by atoms with E-state index in [4.69, 9.17) is 0 Å². The first-order chi connectivity index (χ1) is 9.22. The number of fused-ring (bicyclic) bond motifs is 1. The first-order valence-corrected chi connectivity index (χ1v) is 7.39. The number of quaternary nitrogens is 1. The summed E-state index contributed by atoms with van der Waals surface area (Å²) in [6.07, 6.45) is 1.13. The van der Waals surface area contributed by atoms with Crippen molar-refractivity contribution in [3.63, 3.8) is 0 Å². The molecule has 3 rings (SSSR count). The van der Waals surface area contributed by atoms with Crippen molar-refractivity contribution in [3.8, 4) is 5.75 Å². The number of hydrogen-bond donors (Lipinski definition) is 2. The quantitative estimate of drug-likeness (QED) is 0.872. The Morgan fingerprint density at radius 2 is 1.89 bits per heavy atom. The maximum absolute atomic E-state index is 9.93. The number of halogens is 1. The average molecular weight is 319 g/mol. The molecule has 1 aliphatic heterocycles. The molecule has 1 atom stereocenters. The molecule has 1 heterocycles. The molecule has 0 aromatic heterocycles. The van der Waals surface area contributed by atoms with E-state index in [0.29, 0.717) is 5.75 Å². The van der Waals surface area contributed by atoms with Crippen LogP contribution >= 0.6 is 15.9 Å². The SMILES string of the molecule is Oc1ccc(Br)cc1C[NH+]1CCc2ccccc2C1. The van der Waals surface area contributed by atoms with E-state index in [1.54, 1.807) is 6.07 Å². The Morgan fingerprint density at radius 1 is 1.11 bits per heavy atom. The van der Waals surface area contributed by atoms with Crippen molar-refractivity contribution in [2.24, 2.45) is 0 Å². The Hall–Kier alpha value is -1.32. The van der Waals surface area contributed by atoms with Crippen molar-refractivity contribution in [2.75, 3.05) is 6.54 Å². The van der Waals surface area contributed by atoms with Crippen LogP contribution in [-0.4, -0.2) is 11.7 Å². The highest BCUT2D eigenvalue weighted by Crippen LogP contribution is 2.21. The van der Waals surface area contributed by atoms with Crippen LogP contribution in [0.5, 0.6) is 5.75 Å². The van der Waals surface area contributed by atoms with Gasteiger partial charge in [0.15, 0.2) is 0 Å². The summed E-state index contributed by atoms with van der Waals surface area (Å²) in [6.45, 7) is 3.05. The van der Waals surface area contributed by atoms with Crippen LogP contribution in [0.15, 0.2) is 46.9 Å². The molecule has 0 spiro atoms. The molecule has 2 N–H and O–H groups in total. The lowest BCUT2D eigenvalue weighted by molar-refractivity contribution is -0.929. The number of nitrogens with one attached hydrogen (secondary N) is 1. The van der Waals surface area contributed by atoms with Crippen LogP contribution in [0.3, 0.4) is 0 Å². The van der Waals surface area contributed by atoms with Gasteiger partial charge >= 0.3 is 0 Å². The molecular weight excluding hydrogens is 302 g/mol. The van der Waals surface area contributed by atoms with E-state index in [9.17, 15) is 5.11 Å². The maximum Gasteiger partial charge on any atom is 0.124 e. The molecule has 0 saturated carbocycles. The van der Waals surface area contributed by atoms with Gasteiger partial charge in [0, 0.05) is 22.0 Å². The minimum Gasteiger partial charge on any atom is -0.507 e. The molecule has 0 bridgehead atoms. The van der Waals surface area contributed by atoms with Crippen LogP contribution in [0, 0.1) is 0 Å². The van der Waals surface area contributed by atoms with Crippen LogP contribution in [0.1, 0.15) is 16.7 Å². The highest BCUT2D eigenvalue weighted by Gasteiger charge is 2.20. The predicted molar refractivity (Wildman–Crippen MR) is 79.2 cm³/mol. The number of hydrogen-bond acceptors (Lipinski definition) is 1. The smallest absolute Gasteiger partial charge is 0.124 e. The second-order valence-corrected chi connectivity index (χ2v) is 6.06. The Kier molecular flexibility index (Phi) is 3.58. The van der Waals surface area contributed by atoms with E-state index in [-0.39, 0.29) is 0 Å². The van der Waals surface area contributed by atoms with Gasteiger partial charge in [-0.1, -0.05) is 40.2 Å². The lowest BCUT2D eigenvalue weighted by atomic mass is 9.99. The van der Waals surface area contributed by atoms with Gasteiger partial charge in [0.25, 0.3) is 0 Å². The summed E-state index contributed by atoms with van der Waals surface area (Å²) < 4.78 is 1.03. The lowest BCUT2D eigenvalue weighted by Gasteiger charge is -2.26. The number of rotatable bonds is 2. The second-order valence-electron chi connectivity index (χ2n) is 5.15. The van der Waals surface area contributed by atoms with Gasteiger partial charge in [-0.2, -0.15) is 0 Å². The van der Waals surface area contributed by atoms with Gasteiger partial charge in [0.1, 0.15) is 18.8 Å². The van der Waals surface area contributed by atoms with E-state index in [0.717, 1.165) is 36.1 Å². The summed E-state index contributed by atoms with van der Waals surface area (Å²) in [4.78, 5) is 1.51. The number of phenols is 1. The van der Waals surface area contributed by atoms with Crippen LogP contribution in [0.2, 0.25) is 0 Å². The summed E-state index contributed by atoms with van der Waals surface area (Å²) >= 11 is 3.47. The van der Waals surface area contributed by atoms with Crippen LogP contribution in [0.25, 0.3) is 0 Å².